The Morgan fingerprint density at radius 1 is 1.62 bits per heavy atom. The van der Waals surface area contributed by atoms with Gasteiger partial charge in [0.25, 0.3) is 0 Å². The van der Waals surface area contributed by atoms with Gasteiger partial charge in [-0.15, -0.1) is 0 Å². The molecule has 1 rings (SSSR count). The summed E-state index contributed by atoms with van der Waals surface area (Å²) in [6.45, 7) is 1.02. The van der Waals surface area contributed by atoms with Crippen LogP contribution in [0.2, 0.25) is 0 Å². The Morgan fingerprint density at radius 3 is 3.00 bits per heavy atom. The second-order valence-corrected chi connectivity index (χ2v) is 3.18. The van der Waals surface area contributed by atoms with E-state index < -0.39 is 0 Å². The van der Waals surface area contributed by atoms with Gasteiger partial charge in [0.2, 0.25) is 0 Å². The zero-order chi connectivity index (χ0) is 9.68. The number of aryl methyl sites for hydroxylation is 1. The Bertz CT molecular complexity index is 285. The molecule has 0 spiro atoms. The summed E-state index contributed by atoms with van der Waals surface area (Å²) in [6.07, 6.45) is 5.21. The van der Waals surface area contributed by atoms with E-state index in [0.717, 1.165) is 19.4 Å². The molecule has 0 saturated carbocycles. The molecule has 5 heteroatoms. The highest BCUT2D eigenvalue weighted by Gasteiger charge is 2.03. The summed E-state index contributed by atoms with van der Waals surface area (Å²) in [6, 6.07) is 0. The van der Waals surface area contributed by atoms with Crippen LogP contribution in [-0.4, -0.2) is 26.3 Å². The highest BCUT2D eigenvalue weighted by molar-refractivity contribution is 7.80. The number of imidazole rings is 1. The van der Waals surface area contributed by atoms with Crippen LogP contribution in [0.5, 0.6) is 0 Å². The molecule has 0 aliphatic rings. The number of hydrogen-bond acceptors (Lipinski definition) is 3. The standard InChI is InChI=1S/C8H13N3OS/c9-7(13)8-10-3-5-11(8)4-1-2-6-12/h3,5,12H,1-2,4,6H2,(H2,9,13). The van der Waals surface area contributed by atoms with E-state index in [-0.39, 0.29) is 6.61 Å². The molecule has 0 aliphatic carbocycles. The average Bonchev–Trinajstić information content (AvgIpc) is 2.53. The predicted molar refractivity (Wildman–Crippen MR) is 54.4 cm³/mol. The number of nitrogens with zero attached hydrogens (tertiary/aromatic N) is 2. The van der Waals surface area contributed by atoms with E-state index in [9.17, 15) is 0 Å². The van der Waals surface area contributed by atoms with E-state index in [1.165, 1.54) is 0 Å². The van der Waals surface area contributed by atoms with Crippen LogP contribution in [0.1, 0.15) is 18.7 Å². The van der Waals surface area contributed by atoms with Gasteiger partial charge in [0.05, 0.1) is 0 Å². The molecule has 0 atom stereocenters. The Balaban J connectivity index is 2.55. The number of nitrogens with two attached hydrogens (primary N) is 1. The minimum Gasteiger partial charge on any atom is -0.396 e. The first-order valence-corrected chi connectivity index (χ1v) is 4.58. The van der Waals surface area contributed by atoms with Crippen LogP contribution in [0.15, 0.2) is 12.4 Å². The molecular formula is C8H13N3OS. The van der Waals surface area contributed by atoms with E-state index >= 15 is 0 Å². The van der Waals surface area contributed by atoms with Crippen molar-refractivity contribution in [1.29, 1.82) is 0 Å². The van der Waals surface area contributed by atoms with Crippen molar-refractivity contribution in [2.75, 3.05) is 6.61 Å². The fourth-order valence-electron chi connectivity index (χ4n) is 1.11. The number of aliphatic hydroxyl groups excluding tert-OH is 1. The molecule has 0 saturated heterocycles. The Labute approximate surface area is 82.4 Å². The first kappa shape index (κ1) is 10.1. The molecule has 13 heavy (non-hydrogen) atoms. The molecule has 0 amide bonds. The molecule has 0 fully saturated rings. The molecule has 1 aromatic rings. The third kappa shape index (κ3) is 2.78. The minimum atomic E-state index is 0.219. The molecular weight excluding hydrogens is 186 g/mol. The minimum absolute atomic E-state index is 0.219. The zero-order valence-corrected chi connectivity index (χ0v) is 8.13. The van der Waals surface area contributed by atoms with Gasteiger partial charge in [-0.2, -0.15) is 0 Å². The van der Waals surface area contributed by atoms with Crippen LogP contribution < -0.4 is 5.73 Å². The zero-order valence-electron chi connectivity index (χ0n) is 7.31. The fourth-order valence-corrected chi connectivity index (χ4v) is 1.28. The summed E-state index contributed by atoms with van der Waals surface area (Å²) in [7, 11) is 0. The molecule has 0 aromatic carbocycles. The van der Waals surface area contributed by atoms with Crippen LogP contribution in [0, 0.1) is 0 Å². The van der Waals surface area contributed by atoms with E-state index in [4.69, 9.17) is 23.1 Å². The largest absolute Gasteiger partial charge is 0.396 e. The van der Waals surface area contributed by atoms with Gasteiger partial charge in [-0.25, -0.2) is 4.98 Å². The summed E-state index contributed by atoms with van der Waals surface area (Å²) in [5.74, 6) is 0.646. The van der Waals surface area contributed by atoms with Gasteiger partial charge >= 0.3 is 0 Å². The summed E-state index contributed by atoms with van der Waals surface area (Å²) < 4.78 is 1.90. The normalized spacial score (nSPS) is 10.2. The SMILES string of the molecule is NC(=S)c1nccn1CCCCO. The number of thiocarbonyl (C=S) groups is 1. The van der Waals surface area contributed by atoms with Crippen LogP contribution in [0.25, 0.3) is 0 Å². The number of hydrogen-bond donors (Lipinski definition) is 2. The average molecular weight is 199 g/mol. The maximum absolute atomic E-state index is 8.60. The van der Waals surface area contributed by atoms with Gasteiger partial charge in [0.15, 0.2) is 5.82 Å². The topological polar surface area (TPSA) is 64.1 Å². The van der Waals surface area contributed by atoms with E-state index in [2.05, 4.69) is 4.98 Å². The van der Waals surface area contributed by atoms with Gasteiger partial charge in [-0.05, 0) is 12.8 Å². The maximum atomic E-state index is 8.60. The van der Waals surface area contributed by atoms with E-state index in [0.29, 0.717) is 10.8 Å². The van der Waals surface area contributed by atoms with Crippen LogP contribution in [-0.2, 0) is 6.54 Å². The monoisotopic (exact) mass is 199 g/mol. The first-order valence-electron chi connectivity index (χ1n) is 4.17. The highest BCUT2D eigenvalue weighted by atomic mass is 32.1. The van der Waals surface area contributed by atoms with Crippen molar-refractivity contribution < 1.29 is 5.11 Å². The van der Waals surface area contributed by atoms with E-state index in [1.54, 1.807) is 6.20 Å². The molecule has 0 unspecified atom stereocenters. The lowest BCUT2D eigenvalue weighted by atomic mass is 10.3. The predicted octanol–water partition coefficient (Wildman–Crippen LogP) is 0.290. The van der Waals surface area contributed by atoms with Gasteiger partial charge in [-0.3, -0.25) is 0 Å². The molecule has 0 aliphatic heterocycles. The number of aromatic nitrogens is 2. The van der Waals surface area contributed by atoms with Gasteiger partial charge in [-0.1, -0.05) is 12.2 Å². The van der Waals surface area contributed by atoms with Crippen LogP contribution >= 0.6 is 12.2 Å². The lowest BCUT2D eigenvalue weighted by molar-refractivity contribution is 0.281. The number of unbranched alkanes of at least 4 members (excludes halogenated alkanes) is 1. The van der Waals surface area contributed by atoms with Crippen molar-refractivity contribution >= 4 is 17.2 Å². The summed E-state index contributed by atoms with van der Waals surface area (Å²) >= 11 is 4.83. The van der Waals surface area contributed by atoms with Crippen molar-refractivity contribution in [2.45, 2.75) is 19.4 Å². The smallest absolute Gasteiger partial charge is 0.167 e. The number of rotatable bonds is 5. The van der Waals surface area contributed by atoms with Gasteiger partial charge < -0.3 is 15.4 Å². The van der Waals surface area contributed by atoms with E-state index in [1.807, 2.05) is 10.8 Å². The Hall–Kier alpha value is -0.940. The summed E-state index contributed by atoms with van der Waals surface area (Å²) in [5.41, 5.74) is 5.46. The van der Waals surface area contributed by atoms with Crippen LogP contribution in [0.3, 0.4) is 0 Å². The Kier molecular flexibility index (Phi) is 3.85. The van der Waals surface area contributed by atoms with Crippen molar-refractivity contribution in [3.05, 3.63) is 18.2 Å². The third-order valence-electron chi connectivity index (χ3n) is 1.74. The Morgan fingerprint density at radius 2 is 2.38 bits per heavy atom. The van der Waals surface area contributed by atoms with Crippen molar-refractivity contribution in [2.24, 2.45) is 5.73 Å². The van der Waals surface area contributed by atoms with Crippen LogP contribution in [0.4, 0.5) is 0 Å². The highest BCUT2D eigenvalue weighted by Crippen LogP contribution is 2.00. The number of aliphatic hydroxyl groups is 1. The first-order chi connectivity index (χ1) is 6.25. The second-order valence-electron chi connectivity index (χ2n) is 2.74. The van der Waals surface area contributed by atoms with Crippen molar-refractivity contribution in [3.8, 4) is 0 Å². The molecule has 0 radical (unpaired) electrons. The lowest BCUT2D eigenvalue weighted by Crippen LogP contribution is -2.17. The maximum Gasteiger partial charge on any atom is 0.167 e. The molecule has 72 valence electrons. The molecule has 1 aromatic heterocycles. The van der Waals surface area contributed by atoms with Gasteiger partial charge in [0.1, 0.15) is 4.99 Å². The van der Waals surface area contributed by atoms with Crippen molar-refractivity contribution in [3.63, 3.8) is 0 Å². The molecule has 1 heterocycles. The summed E-state index contributed by atoms with van der Waals surface area (Å²) in [5, 5.41) is 8.60. The summed E-state index contributed by atoms with van der Waals surface area (Å²) in [4.78, 5) is 4.34. The molecule has 3 N–H and O–H groups in total. The van der Waals surface area contributed by atoms with Crippen molar-refractivity contribution in [1.82, 2.24) is 9.55 Å². The third-order valence-corrected chi connectivity index (χ3v) is 1.93. The lowest BCUT2D eigenvalue weighted by Gasteiger charge is -2.04. The quantitative estimate of drug-likeness (QED) is 0.528. The molecule has 0 bridgehead atoms. The molecule has 4 nitrogen and oxygen atoms in total. The second kappa shape index (κ2) is 4.94. The van der Waals surface area contributed by atoms with Gasteiger partial charge in [0, 0.05) is 25.5 Å². The fraction of sp³-hybridized carbons (Fsp3) is 0.500.